The van der Waals surface area contributed by atoms with Crippen molar-refractivity contribution in [3.05, 3.63) is 0 Å². The lowest BCUT2D eigenvalue weighted by molar-refractivity contribution is 0.340. The van der Waals surface area contributed by atoms with E-state index in [2.05, 4.69) is 24.0 Å². The number of thioether (sulfide) groups is 1. The third-order valence-electron chi connectivity index (χ3n) is 1.72. The second-order valence-electron chi connectivity index (χ2n) is 3.27. The van der Waals surface area contributed by atoms with Crippen LogP contribution in [-0.4, -0.2) is 48.7 Å². The van der Waals surface area contributed by atoms with Crippen LogP contribution in [0.1, 0.15) is 0 Å². The topological polar surface area (TPSA) is 28.1 Å². The number of ether oxygens (including phenoxy) is 1. The van der Waals surface area contributed by atoms with Crippen molar-refractivity contribution in [3.8, 4) is 0 Å². The van der Waals surface area contributed by atoms with Crippen LogP contribution in [-0.2, 0) is 4.74 Å². The Bertz CT molecular complexity index is 199. The van der Waals surface area contributed by atoms with E-state index in [0.717, 1.165) is 18.9 Å². The Morgan fingerprint density at radius 1 is 1.73 bits per heavy atom. The molecular weight excluding hydrogens is 160 g/mol. The van der Waals surface area contributed by atoms with E-state index >= 15 is 0 Å². The lowest BCUT2D eigenvalue weighted by Crippen LogP contribution is -2.18. The summed E-state index contributed by atoms with van der Waals surface area (Å²) in [7, 11) is 4.11. The molecule has 1 spiro atoms. The number of aliphatic imine (C=N–C) groups is 1. The van der Waals surface area contributed by atoms with Crippen molar-refractivity contribution in [2.75, 3.05) is 33.0 Å². The number of nitrogens with zero attached hydrogens (tertiary/aromatic N) is 2. The Morgan fingerprint density at radius 3 is 2.91 bits per heavy atom. The van der Waals surface area contributed by atoms with Crippen LogP contribution >= 0.6 is 11.8 Å². The molecule has 2 aliphatic rings. The van der Waals surface area contributed by atoms with Gasteiger partial charge in [-0.05, 0) is 14.1 Å². The Labute approximate surface area is 70.8 Å². The fourth-order valence-corrected chi connectivity index (χ4v) is 2.27. The molecule has 3 nitrogen and oxygen atoms in total. The quantitative estimate of drug-likeness (QED) is 0.565. The molecule has 0 saturated carbocycles. The molecule has 1 saturated heterocycles. The smallest absolute Gasteiger partial charge is 0.192 e. The molecule has 2 rings (SSSR count). The molecule has 62 valence electrons. The molecule has 0 aliphatic carbocycles. The number of rotatable bonds is 2. The van der Waals surface area contributed by atoms with Crippen molar-refractivity contribution in [2.45, 2.75) is 5.72 Å². The first kappa shape index (κ1) is 7.58. The molecule has 0 unspecified atom stereocenters. The zero-order valence-electron chi connectivity index (χ0n) is 6.83. The van der Waals surface area contributed by atoms with E-state index in [1.54, 1.807) is 0 Å². The number of epoxide rings is 1. The van der Waals surface area contributed by atoms with E-state index in [9.17, 15) is 0 Å². The van der Waals surface area contributed by atoms with Crippen molar-refractivity contribution < 1.29 is 4.74 Å². The van der Waals surface area contributed by atoms with Gasteiger partial charge in [0.15, 0.2) is 5.72 Å². The van der Waals surface area contributed by atoms with E-state index in [-0.39, 0.29) is 5.72 Å². The lowest BCUT2D eigenvalue weighted by atomic mass is 10.4. The maximum Gasteiger partial charge on any atom is 0.192 e. The molecule has 0 aromatic carbocycles. The second-order valence-corrected chi connectivity index (χ2v) is 4.32. The molecule has 0 radical (unpaired) electrons. The molecule has 4 heteroatoms. The van der Waals surface area contributed by atoms with Gasteiger partial charge < -0.3 is 9.64 Å². The maximum absolute atomic E-state index is 5.24. The van der Waals surface area contributed by atoms with Crippen molar-refractivity contribution in [1.82, 2.24) is 4.90 Å². The molecule has 0 amide bonds. The van der Waals surface area contributed by atoms with Crippen molar-refractivity contribution >= 4 is 16.8 Å². The molecule has 0 bridgehead atoms. The molecule has 2 heterocycles. The first-order chi connectivity index (χ1) is 5.20. The first-order valence-electron chi connectivity index (χ1n) is 3.70. The van der Waals surface area contributed by atoms with Gasteiger partial charge in [-0.3, -0.25) is 0 Å². The third-order valence-corrected chi connectivity index (χ3v) is 2.87. The summed E-state index contributed by atoms with van der Waals surface area (Å²) in [6, 6.07) is 0. The Kier molecular flexibility index (Phi) is 1.70. The third kappa shape index (κ3) is 1.58. The minimum absolute atomic E-state index is 0.0734. The second kappa shape index (κ2) is 2.47. The summed E-state index contributed by atoms with van der Waals surface area (Å²) >= 11 is 1.82. The summed E-state index contributed by atoms with van der Waals surface area (Å²) < 4.78 is 5.24. The van der Waals surface area contributed by atoms with E-state index in [4.69, 9.17) is 4.74 Å². The van der Waals surface area contributed by atoms with Crippen LogP contribution in [0, 0.1) is 0 Å². The predicted octanol–water partition coefficient (Wildman–Crippen LogP) is 0.420. The highest BCUT2D eigenvalue weighted by Crippen LogP contribution is 2.38. The van der Waals surface area contributed by atoms with E-state index in [1.807, 2.05) is 11.8 Å². The fraction of sp³-hybridized carbons (Fsp3) is 0.857. The van der Waals surface area contributed by atoms with Gasteiger partial charge in [0.05, 0.1) is 10.8 Å². The molecule has 0 aromatic rings. The maximum atomic E-state index is 5.24. The first-order valence-corrected chi connectivity index (χ1v) is 4.69. The van der Waals surface area contributed by atoms with E-state index in [0.29, 0.717) is 0 Å². The van der Waals surface area contributed by atoms with Gasteiger partial charge in [-0.25, -0.2) is 4.99 Å². The molecule has 0 aromatic heterocycles. The van der Waals surface area contributed by atoms with Gasteiger partial charge >= 0.3 is 0 Å². The summed E-state index contributed by atoms with van der Waals surface area (Å²) in [4.78, 5) is 6.62. The normalized spacial score (nSPS) is 35.0. The summed E-state index contributed by atoms with van der Waals surface area (Å²) in [5.41, 5.74) is -0.0734. The Balaban J connectivity index is 1.95. The lowest BCUT2D eigenvalue weighted by Gasteiger charge is -2.06. The fourth-order valence-electron chi connectivity index (χ4n) is 1.07. The predicted molar refractivity (Wildman–Crippen MR) is 47.1 cm³/mol. The van der Waals surface area contributed by atoms with Crippen LogP contribution in [0.3, 0.4) is 0 Å². The minimum atomic E-state index is -0.0734. The van der Waals surface area contributed by atoms with E-state index in [1.165, 1.54) is 5.04 Å². The van der Waals surface area contributed by atoms with Crippen LogP contribution < -0.4 is 0 Å². The average molecular weight is 172 g/mol. The molecule has 11 heavy (non-hydrogen) atoms. The molecule has 0 N–H and O–H groups in total. The highest BCUT2D eigenvalue weighted by Gasteiger charge is 2.48. The van der Waals surface area contributed by atoms with Gasteiger partial charge in [-0.15, -0.1) is 11.8 Å². The Hall–Kier alpha value is -0.0600. The highest BCUT2D eigenvalue weighted by molar-refractivity contribution is 8.14. The zero-order valence-corrected chi connectivity index (χ0v) is 7.65. The largest absolute Gasteiger partial charge is 0.345 e. The molecule has 1 fully saturated rings. The van der Waals surface area contributed by atoms with Crippen molar-refractivity contribution in [1.29, 1.82) is 0 Å². The zero-order chi connectivity index (χ0) is 7.90. The summed E-state index contributed by atoms with van der Waals surface area (Å²) in [5, 5.41) is 1.22. The Morgan fingerprint density at radius 2 is 2.45 bits per heavy atom. The van der Waals surface area contributed by atoms with Crippen LogP contribution in [0.25, 0.3) is 0 Å². The standard InChI is InChI=1S/C7H12N2OS/c1-9(2)3-6-8-7(4-10-7)5-11-6/h3-5H2,1-2H3/t7-/m0/s1. The average Bonchev–Trinajstić information content (AvgIpc) is 2.51. The molecule has 2 aliphatic heterocycles. The summed E-state index contributed by atoms with van der Waals surface area (Å²) in [5.74, 6) is 1.02. The van der Waals surface area contributed by atoms with Gasteiger partial charge in [0.2, 0.25) is 0 Å². The van der Waals surface area contributed by atoms with Gasteiger partial charge in [0, 0.05) is 6.54 Å². The van der Waals surface area contributed by atoms with Crippen LogP contribution in [0.15, 0.2) is 4.99 Å². The van der Waals surface area contributed by atoms with Crippen LogP contribution in [0.4, 0.5) is 0 Å². The molecule has 1 atom stereocenters. The van der Waals surface area contributed by atoms with Gasteiger partial charge in [-0.2, -0.15) is 0 Å². The summed E-state index contributed by atoms with van der Waals surface area (Å²) in [6.45, 7) is 1.78. The number of hydrogen-bond acceptors (Lipinski definition) is 4. The minimum Gasteiger partial charge on any atom is -0.345 e. The van der Waals surface area contributed by atoms with E-state index < -0.39 is 0 Å². The monoisotopic (exact) mass is 172 g/mol. The van der Waals surface area contributed by atoms with Gasteiger partial charge in [0.25, 0.3) is 0 Å². The van der Waals surface area contributed by atoms with Crippen LogP contribution in [0.2, 0.25) is 0 Å². The van der Waals surface area contributed by atoms with Crippen LogP contribution in [0.5, 0.6) is 0 Å². The highest BCUT2D eigenvalue weighted by atomic mass is 32.2. The van der Waals surface area contributed by atoms with Crippen molar-refractivity contribution in [2.24, 2.45) is 4.99 Å². The number of hydrogen-bond donors (Lipinski definition) is 0. The summed E-state index contributed by atoms with van der Waals surface area (Å²) in [6.07, 6.45) is 0. The molecular formula is C7H12N2OS. The van der Waals surface area contributed by atoms with Gasteiger partial charge in [0.1, 0.15) is 6.61 Å². The van der Waals surface area contributed by atoms with Crippen molar-refractivity contribution in [3.63, 3.8) is 0 Å². The SMILES string of the molecule is CN(C)CC1=N[C@]2(CO2)CS1. The van der Waals surface area contributed by atoms with Gasteiger partial charge in [-0.1, -0.05) is 0 Å².